The van der Waals surface area contributed by atoms with Crippen molar-refractivity contribution >= 4 is 17.5 Å². The molecule has 0 aliphatic rings. The van der Waals surface area contributed by atoms with E-state index < -0.39 is 0 Å². The van der Waals surface area contributed by atoms with Gasteiger partial charge in [0.05, 0.1) is 11.1 Å². The molecule has 2 amide bonds. The second-order valence-corrected chi connectivity index (χ2v) is 5.89. The van der Waals surface area contributed by atoms with Crippen molar-refractivity contribution < 1.29 is 9.59 Å². The van der Waals surface area contributed by atoms with Gasteiger partial charge in [0, 0.05) is 43.6 Å². The number of nitrogens with one attached hydrogen (secondary N) is 1. The minimum absolute atomic E-state index is 0.194. The molecule has 1 N–H and O–H groups in total. The number of benzene rings is 1. The van der Waals surface area contributed by atoms with E-state index in [2.05, 4.69) is 15.3 Å². The lowest BCUT2D eigenvalue weighted by Crippen LogP contribution is -2.31. The van der Waals surface area contributed by atoms with Gasteiger partial charge in [-0.1, -0.05) is 18.2 Å². The highest BCUT2D eigenvalue weighted by Crippen LogP contribution is 2.17. The van der Waals surface area contributed by atoms with Crippen molar-refractivity contribution in [1.82, 2.24) is 15.3 Å². The molecular weight excluding hydrogens is 340 g/mol. The van der Waals surface area contributed by atoms with E-state index in [0.717, 1.165) is 11.3 Å². The number of carbonyl (C=O) groups excluding carboxylic acids is 2. The number of anilines is 1. The number of amides is 2. The number of pyridine rings is 2. The molecule has 0 radical (unpaired) electrons. The summed E-state index contributed by atoms with van der Waals surface area (Å²) in [6.07, 6.45) is 6.28. The van der Waals surface area contributed by atoms with Crippen LogP contribution in [0.15, 0.2) is 73.3 Å². The molecule has 27 heavy (non-hydrogen) atoms. The maximum Gasteiger partial charge on any atom is 0.259 e. The molecule has 0 atom stereocenters. The Morgan fingerprint density at radius 1 is 0.963 bits per heavy atom. The summed E-state index contributed by atoms with van der Waals surface area (Å²) < 4.78 is 0. The molecule has 0 unspecified atom stereocenters. The predicted molar refractivity (Wildman–Crippen MR) is 103 cm³/mol. The minimum Gasteiger partial charge on any atom is -0.348 e. The van der Waals surface area contributed by atoms with Gasteiger partial charge in [-0.25, -0.2) is 0 Å². The summed E-state index contributed by atoms with van der Waals surface area (Å²) in [6, 6.07) is 14.6. The minimum atomic E-state index is -0.281. The number of hydrogen-bond donors (Lipinski definition) is 1. The second kappa shape index (κ2) is 8.71. The maximum atomic E-state index is 12.9. The van der Waals surface area contributed by atoms with Gasteiger partial charge in [-0.2, -0.15) is 0 Å². The van der Waals surface area contributed by atoms with Crippen LogP contribution in [-0.4, -0.2) is 28.3 Å². The smallest absolute Gasteiger partial charge is 0.259 e. The summed E-state index contributed by atoms with van der Waals surface area (Å²) in [5.74, 6) is -0.475. The molecule has 0 spiro atoms. The van der Waals surface area contributed by atoms with Crippen LogP contribution in [0.1, 0.15) is 33.2 Å². The number of hydrogen-bond acceptors (Lipinski definition) is 4. The molecule has 0 aliphatic heterocycles. The van der Waals surface area contributed by atoms with Crippen molar-refractivity contribution in [1.29, 1.82) is 0 Å². The summed E-state index contributed by atoms with van der Waals surface area (Å²) in [5.41, 5.74) is 2.47. The first kappa shape index (κ1) is 18.3. The molecule has 2 heterocycles. The molecule has 1 aromatic carbocycles. The molecule has 0 saturated heterocycles. The lowest BCUT2D eigenvalue weighted by atomic mass is 10.1. The Kier molecular flexibility index (Phi) is 5.89. The molecule has 136 valence electrons. The van der Waals surface area contributed by atoms with E-state index in [9.17, 15) is 9.59 Å². The van der Waals surface area contributed by atoms with Gasteiger partial charge in [0.15, 0.2) is 0 Å². The highest BCUT2D eigenvalue weighted by atomic mass is 16.2. The molecule has 6 nitrogen and oxygen atoms in total. The predicted octanol–water partition coefficient (Wildman–Crippen LogP) is 3.07. The fourth-order valence-corrected chi connectivity index (χ4v) is 2.67. The van der Waals surface area contributed by atoms with Crippen molar-refractivity contribution in [3.8, 4) is 0 Å². The Morgan fingerprint density at radius 3 is 2.37 bits per heavy atom. The second-order valence-electron chi connectivity index (χ2n) is 5.89. The quantitative estimate of drug-likeness (QED) is 0.733. The molecule has 0 fully saturated rings. The Morgan fingerprint density at radius 2 is 1.67 bits per heavy atom. The van der Waals surface area contributed by atoms with Crippen LogP contribution in [0.5, 0.6) is 0 Å². The van der Waals surface area contributed by atoms with Gasteiger partial charge in [0.25, 0.3) is 11.8 Å². The van der Waals surface area contributed by atoms with Gasteiger partial charge in [0.1, 0.15) is 0 Å². The van der Waals surface area contributed by atoms with Crippen LogP contribution in [0.25, 0.3) is 0 Å². The Bertz CT molecular complexity index is 914. The number of para-hydroxylation sites is 1. The van der Waals surface area contributed by atoms with E-state index in [1.54, 1.807) is 23.4 Å². The molecule has 3 rings (SSSR count). The van der Waals surface area contributed by atoms with Crippen LogP contribution >= 0.6 is 0 Å². The molecule has 0 aliphatic carbocycles. The molecular formula is C21H20N4O2. The first-order valence-corrected chi connectivity index (χ1v) is 8.68. The Hall–Kier alpha value is -3.54. The maximum absolute atomic E-state index is 12.9. The highest BCUT2D eigenvalue weighted by Gasteiger charge is 2.18. The lowest BCUT2D eigenvalue weighted by molar-refractivity contribution is 0.0950. The fourth-order valence-electron chi connectivity index (χ4n) is 2.67. The first-order valence-electron chi connectivity index (χ1n) is 8.68. The number of aromatic nitrogens is 2. The molecule has 0 bridgehead atoms. The van der Waals surface area contributed by atoms with Crippen molar-refractivity contribution in [3.63, 3.8) is 0 Å². The topological polar surface area (TPSA) is 75.2 Å². The fraction of sp³-hybridized carbons (Fsp3) is 0.143. The van der Waals surface area contributed by atoms with Crippen molar-refractivity contribution in [2.45, 2.75) is 13.5 Å². The monoisotopic (exact) mass is 360 g/mol. The zero-order valence-electron chi connectivity index (χ0n) is 15.0. The van der Waals surface area contributed by atoms with Crippen molar-refractivity contribution in [2.75, 3.05) is 11.4 Å². The van der Waals surface area contributed by atoms with Gasteiger partial charge < -0.3 is 10.2 Å². The first-order chi connectivity index (χ1) is 13.2. The van der Waals surface area contributed by atoms with Crippen molar-refractivity contribution in [3.05, 3.63) is 90.0 Å². The average molecular weight is 360 g/mol. The summed E-state index contributed by atoms with van der Waals surface area (Å²) in [5, 5.41) is 2.82. The highest BCUT2D eigenvalue weighted by molar-refractivity contribution is 6.07. The lowest BCUT2D eigenvalue weighted by Gasteiger charge is -2.21. The van der Waals surface area contributed by atoms with Crippen LogP contribution in [-0.2, 0) is 6.54 Å². The van der Waals surface area contributed by atoms with Gasteiger partial charge in [-0.15, -0.1) is 0 Å². The van der Waals surface area contributed by atoms with E-state index in [4.69, 9.17) is 0 Å². The van der Waals surface area contributed by atoms with E-state index >= 15 is 0 Å². The van der Waals surface area contributed by atoms with Crippen LogP contribution in [0.2, 0.25) is 0 Å². The van der Waals surface area contributed by atoms with Gasteiger partial charge >= 0.3 is 0 Å². The summed E-state index contributed by atoms with van der Waals surface area (Å²) in [4.78, 5) is 35.0. The number of rotatable bonds is 6. The normalized spacial score (nSPS) is 10.3. The third-order valence-electron chi connectivity index (χ3n) is 4.08. The zero-order chi connectivity index (χ0) is 19.1. The van der Waals surface area contributed by atoms with Gasteiger partial charge in [-0.05, 0) is 42.8 Å². The summed E-state index contributed by atoms with van der Waals surface area (Å²) in [7, 11) is 0. The Balaban J connectivity index is 1.74. The van der Waals surface area contributed by atoms with E-state index in [1.165, 1.54) is 12.4 Å². The van der Waals surface area contributed by atoms with E-state index in [0.29, 0.717) is 24.2 Å². The van der Waals surface area contributed by atoms with Crippen LogP contribution in [0, 0.1) is 0 Å². The van der Waals surface area contributed by atoms with Crippen molar-refractivity contribution in [2.24, 2.45) is 0 Å². The van der Waals surface area contributed by atoms with Gasteiger partial charge in [0.2, 0.25) is 0 Å². The SMILES string of the molecule is CCN(C(=O)c1cncc(C(=O)NCc2ccncc2)c1)c1ccccc1. The standard InChI is InChI=1S/C21H20N4O2/c1-2-25(19-6-4-3-5-7-19)21(27)18-12-17(14-23-15-18)20(26)24-13-16-8-10-22-11-9-16/h3-12,14-15H,2,13H2,1H3,(H,24,26). The summed E-state index contributed by atoms with van der Waals surface area (Å²) in [6.45, 7) is 2.80. The Labute approximate surface area is 157 Å². The van der Waals surface area contributed by atoms with Crippen LogP contribution in [0.3, 0.4) is 0 Å². The van der Waals surface area contributed by atoms with E-state index in [-0.39, 0.29) is 11.8 Å². The molecule has 2 aromatic heterocycles. The molecule has 3 aromatic rings. The zero-order valence-corrected chi connectivity index (χ0v) is 15.0. The van der Waals surface area contributed by atoms with Crippen LogP contribution in [0.4, 0.5) is 5.69 Å². The number of carbonyl (C=O) groups is 2. The molecule has 0 saturated carbocycles. The summed E-state index contributed by atoms with van der Waals surface area (Å²) >= 11 is 0. The van der Waals surface area contributed by atoms with Crippen LogP contribution < -0.4 is 10.2 Å². The van der Waals surface area contributed by atoms with Gasteiger partial charge in [-0.3, -0.25) is 19.6 Å². The molecule has 6 heteroatoms. The average Bonchev–Trinajstić information content (AvgIpc) is 2.74. The number of nitrogens with zero attached hydrogens (tertiary/aromatic N) is 3. The third-order valence-corrected chi connectivity index (χ3v) is 4.08. The third kappa shape index (κ3) is 4.55. The largest absolute Gasteiger partial charge is 0.348 e. The van der Waals surface area contributed by atoms with E-state index in [1.807, 2.05) is 49.4 Å².